The van der Waals surface area contributed by atoms with Gasteiger partial charge in [0.15, 0.2) is 0 Å². The molecule has 0 aliphatic rings. The summed E-state index contributed by atoms with van der Waals surface area (Å²) >= 11 is 0. The highest BCUT2D eigenvalue weighted by Gasteiger charge is 2.24. The minimum atomic E-state index is -2.45. The first-order chi connectivity index (χ1) is 12.4. The van der Waals surface area contributed by atoms with E-state index < -0.39 is 7.14 Å². The summed E-state index contributed by atoms with van der Waals surface area (Å²) in [5.74, 6) is 0. The Kier molecular flexibility index (Phi) is 5.79. The van der Waals surface area contributed by atoms with Crippen LogP contribution in [-0.2, 0) is 23.1 Å². The summed E-state index contributed by atoms with van der Waals surface area (Å²) in [5, 5.41) is 0. The monoisotopic (exact) mass is 362 g/mol. The molecule has 0 spiro atoms. The summed E-state index contributed by atoms with van der Waals surface area (Å²) in [5.41, 5.74) is 7.23. The number of benzene rings is 3. The van der Waals surface area contributed by atoms with Gasteiger partial charge in [-0.05, 0) is 43.0 Å². The van der Waals surface area contributed by atoms with Gasteiger partial charge in [-0.3, -0.25) is 0 Å². The summed E-state index contributed by atoms with van der Waals surface area (Å²) < 4.78 is 14.1. The number of rotatable bonds is 6. The van der Waals surface area contributed by atoms with Crippen molar-refractivity contribution in [2.75, 3.05) is 0 Å². The number of hydrogen-bond donors (Lipinski definition) is 0. The Labute approximate surface area is 157 Å². The van der Waals surface area contributed by atoms with E-state index in [2.05, 4.69) is 81.4 Å². The van der Waals surface area contributed by atoms with Gasteiger partial charge in [0.1, 0.15) is 7.14 Å². The average Bonchev–Trinajstić information content (AvgIpc) is 2.59. The Balaban J connectivity index is 1.92. The van der Waals surface area contributed by atoms with E-state index in [1.807, 2.05) is 12.1 Å². The van der Waals surface area contributed by atoms with Crippen LogP contribution < -0.4 is 0 Å². The van der Waals surface area contributed by atoms with Gasteiger partial charge in [-0.25, -0.2) is 0 Å². The molecule has 0 N–H and O–H groups in total. The predicted molar refractivity (Wildman–Crippen MR) is 112 cm³/mol. The lowest BCUT2D eigenvalue weighted by Gasteiger charge is -2.20. The minimum Gasteiger partial charge on any atom is -0.323 e. The molecule has 0 aromatic heterocycles. The van der Waals surface area contributed by atoms with Crippen LogP contribution in [0.2, 0.25) is 0 Å². The zero-order valence-corrected chi connectivity index (χ0v) is 16.8. The Hall–Kier alpha value is -2.11. The molecule has 0 saturated carbocycles. The molecule has 0 aliphatic heterocycles. The molecule has 0 bridgehead atoms. The molecule has 26 heavy (non-hydrogen) atoms. The fourth-order valence-corrected chi connectivity index (χ4v) is 6.48. The lowest BCUT2D eigenvalue weighted by Crippen LogP contribution is -1.99. The number of hydrogen-bond acceptors (Lipinski definition) is 1. The quantitative estimate of drug-likeness (QED) is 0.437. The predicted octanol–water partition coefficient (Wildman–Crippen LogP) is 6.88. The third-order valence-electron chi connectivity index (χ3n) is 4.86. The van der Waals surface area contributed by atoms with Crippen molar-refractivity contribution in [3.05, 3.63) is 106 Å². The van der Waals surface area contributed by atoms with Gasteiger partial charge in [-0.15, -0.1) is 0 Å². The SMILES string of the molecule is Cc1ccc(CP(=O)(Cc2cccc(C)c2)Cc2ccccc2C)cc1. The number of aryl methyl sites for hydroxylation is 3. The summed E-state index contributed by atoms with van der Waals surface area (Å²) in [6.45, 7) is 6.29. The van der Waals surface area contributed by atoms with Crippen molar-refractivity contribution in [2.45, 2.75) is 39.3 Å². The first-order valence-electron chi connectivity index (χ1n) is 9.16. The van der Waals surface area contributed by atoms with E-state index in [1.165, 1.54) is 33.4 Å². The third kappa shape index (κ3) is 4.96. The molecule has 0 amide bonds. The van der Waals surface area contributed by atoms with Crippen LogP contribution >= 0.6 is 7.14 Å². The average molecular weight is 362 g/mol. The van der Waals surface area contributed by atoms with Crippen LogP contribution in [0.1, 0.15) is 33.4 Å². The maximum Gasteiger partial charge on any atom is 0.100 e. The van der Waals surface area contributed by atoms with Crippen LogP contribution in [0.3, 0.4) is 0 Å². The zero-order valence-electron chi connectivity index (χ0n) is 15.9. The molecule has 0 fully saturated rings. The normalized spacial score (nSPS) is 13.3. The highest BCUT2D eigenvalue weighted by Crippen LogP contribution is 2.55. The molecule has 1 unspecified atom stereocenters. The van der Waals surface area contributed by atoms with Crippen molar-refractivity contribution >= 4 is 7.14 Å². The molecule has 134 valence electrons. The molecular weight excluding hydrogens is 335 g/mol. The zero-order chi connectivity index (χ0) is 18.6. The van der Waals surface area contributed by atoms with E-state index in [9.17, 15) is 4.57 Å². The van der Waals surface area contributed by atoms with E-state index >= 15 is 0 Å². The third-order valence-corrected chi connectivity index (χ3v) is 7.66. The van der Waals surface area contributed by atoms with Crippen LogP contribution in [0.4, 0.5) is 0 Å². The van der Waals surface area contributed by atoms with Gasteiger partial charge < -0.3 is 4.57 Å². The van der Waals surface area contributed by atoms with Crippen LogP contribution in [0.15, 0.2) is 72.8 Å². The van der Waals surface area contributed by atoms with Crippen molar-refractivity contribution in [2.24, 2.45) is 0 Å². The molecule has 0 saturated heterocycles. The molecule has 0 heterocycles. The molecule has 0 aliphatic carbocycles. The highest BCUT2D eigenvalue weighted by atomic mass is 31.2. The Morgan fingerprint density at radius 1 is 0.654 bits per heavy atom. The molecule has 2 heteroatoms. The van der Waals surface area contributed by atoms with Crippen LogP contribution in [-0.4, -0.2) is 0 Å². The second-order valence-electron chi connectivity index (χ2n) is 7.43. The maximum absolute atomic E-state index is 14.1. The van der Waals surface area contributed by atoms with E-state index in [1.54, 1.807) is 0 Å². The fraction of sp³-hybridized carbons (Fsp3) is 0.250. The summed E-state index contributed by atoms with van der Waals surface area (Å²) in [6.07, 6.45) is 1.95. The second kappa shape index (κ2) is 8.06. The molecule has 0 radical (unpaired) electrons. The van der Waals surface area contributed by atoms with Gasteiger partial charge in [0.25, 0.3) is 0 Å². The lowest BCUT2D eigenvalue weighted by molar-refractivity contribution is 0.572. The van der Waals surface area contributed by atoms with Crippen molar-refractivity contribution < 1.29 is 4.57 Å². The topological polar surface area (TPSA) is 17.1 Å². The second-order valence-corrected chi connectivity index (χ2v) is 10.5. The van der Waals surface area contributed by atoms with E-state index in [4.69, 9.17) is 0 Å². The molecule has 3 rings (SSSR count). The minimum absolute atomic E-state index is 0.648. The van der Waals surface area contributed by atoms with Crippen molar-refractivity contribution in [3.63, 3.8) is 0 Å². The van der Waals surface area contributed by atoms with Crippen LogP contribution in [0.25, 0.3) is 0 Å². The standard InChI is InChI=1S/C24H27OP/c1-19-11-13-22(14-12-19)16-26(25,17-23-9-6-7-20(2)15-23)18-24-10-5-4-8-21(24)3/h4-15H,16-18H2,1-3H3. The Bertz CT molecular complexity index is 925. The molecule has 1 atom stereocenters. The summed E-state index contributed by atoms with van der Waals surface area (Å²) in [7, 11) is -2.45. The smallest absolute Gasteiger partial charge is 0.100 e. The van der Waals surface area contributed by atoms with Gasteiger partial charge in [-0.2, -0.15) is 0 Å². The summed E-state index contributed by atoms with van der Waals surface area (Å²) in [6, 6.07) is 25.2. The summed E-state index contributed by atoms with van der Waals surface area (Å²) in [4.78, 5) is 0. The lowest BCUT2D eigenvalue weighted by atomic mass is 10.1. The van der Waals surface area contributed by atoms with Crippen LogP contribution in [0.5, 0.6) is 0 Å². The maximum atomic E-state index is 14.1. The largest absolute Gasteiger partial charge is 0.323 e. The first-order valence-corrected chi connectivity index (χ1v) is 11.4. The highest BCUT2D eigenvalue weighted by molar-refractivity contribution is 7.61. The van der Waals surface area contributed by atoms with Gasteiger partial charge in [0, 0.05) is 18.5 Å². The van der Waals surface area contributed by atoms with Gasteiger partial charge >= 0.3 is 0 Å². The van der Waals surface area contributed by atoms with Crippen molar-refractivity contribution in [1.29, 1.82) is 0 Å². The Morgan fingerprint density at radius 3 is 2.04 bits per heavy atom. The molecule has 1 nitrogen and oxygen atoms in total. The van der Waals surface area contributed by atoms with E-state index in [0.29, 0.717) is 18.5 Å². The van der Waals surface area contributed by atoms with Gasteiger partial charge in [-0.1, -0.05) is 83.9 Å². The first kappa shape index (κ1) is 18.7. The van der Waals surface area contributed by atoms with E-state index in [-0.39, 0.29) is 0 Å². The fourth-order valence-electron chi connectivity index (χ4n) is 3.44. The van der Waals surface area contributed by atoms with Gasteiger partial charge in [0.2, 0.25) is 0 Å². The van der Waals surface area contributed by atoms with Crippen molar-refractivity contribution in [3.8, 4) is 0 Å². The van der Waals surface area contributed by atoms with E-state index in [0.717, 1.165) is 0 Å². The van der Waals surface area contributed by atoms with Crippen LogP contribution in [0, 0.1) is 20.8 Å². The van der Waals surface area contributed by atoms with Crippen molar-refractivity contribution in [1.82, 2.24) is 0 Å². The van der Waals surface area contributed by atoms with Gasteiger partial charge in [0.05, 0.1) is 0 Å². The Morgan fingerprint density at radius 2 is 1.35 bits per heavy atom. The molecule has 3 aromatic carbocycles. The molecular formula is C24H27OP. The molecule has 3 aromatic rings.